The normalized spacial score (nSPS) is 16.3. The number of allylic oxidation sites excluding steroid dienone is 2. The van der Waals surface area contributed by atoms with Gasteiger partial charge in [-0.1, -0.05) is 59.7 Å². The Kier molecular flexibility index (Phi) is 4.01. The van der Waals surface area contributed by atoms with E-state index in [0.717, 1.165) is 31.2 Å². The van der Waals surface area contributed by atoms with Crippen molar-refractivity contribution >= 4 is 5.78 Å². The van der Waals surface area contributed by atoms with E-state index in [1.165, 1.54) is 22.3 Å². The highest BCUT2D eigenvalue weighted by atomic mass is 16.1. The fourth-order valence-electron chi connectivity index (χ4n) is 3.00. The molecule has 0 saturated carbocycles. The molecule has 21 heavy (non-hydrogen) atoms. The topological polar surface area (TPSA) is 17.1 Å². The molecule has 0 heterocycles. The van der Waals surface area contributed by atoms with Crippen LogP contribution in [0, 0.1) is 6.92 Å². The number of fused-ring (bicyclic) bond motifs is 1. The number of ketones is 1. The third-order valence-electron chi connectivity index (χ3n) is 4.12. The van der Waals surface area contributed by atoms with E-state index in [-0.39, 0.29) is 5.78 Å². The predicted molar refractivity (Wildman–Crippen MR) is 86.7 cm³/mol. The van der Waals surface area contributed by atoms with E-state index in [9.17, 15) is 4.79 Å². The first kappa shape index (κ1) is 13.8. The zero-order chi connectivity index (χ0) is 14.7. The first-order chi connectivity index (χ1) is 10.2. The van der Waals surface area contributed by atoms with Crippen LogP contribution in [0.5, 0.6) is 0 Å². The van der Waals surface area contributed by atoms with Gasteiger partial charge >= 0.3 is 0 Å². The molecule has 2 aromatic carbocycles. The van der Waals surface area contributed by atoms with E-state index in [0.29, 0.717) is 0 Å². The van der Waals surface area contributed by atoms with Gasteiger partial charge in [-0.25, -0.2) is 0 Å². The Morgan fingerprint density at radius 3 is 2.62 bits per heavy atom. The highest BCUT2D eigenvalue weighted by Crippen LogP contribution is 2.25. The zero-order valence-electron chi connectivity index (χ0n) is 12.4. The first-order valence-corrected chi connectivity index (χ1v) is 7.59. The van der Waals surface area contributed by atoms with E-state index in [2.05, 4.69) is 25.1 Å². The Morgan fingerprint density at radius 2 is 1.81 bits per heavy atom. The van der Waals surface area contributed by atoms with Crippen LogP contribution in [0.2, 0.25) is 0 Å². The SMILES string of the molecule is Cc1ccc2c(c1)C/C(=C/C(=O)c1ccccc1)CCC2. The lowest BCUT2D eigenvalue weighted by Crippen LogP contribution is -1.98. The van der Waals surface area contributed by atoms with E-state index in [1.807, 2.05) is 36.4 Å². The predicted octanol–water partition coefficient (Wildman–Crippen LogP) is 4.68. The summed E-state index contributed by atoms with van der Waals surface area (Å²) in [5.74, 6) is 0.127. The average Bonchev–Trinajstić information content (AvgIpc) is 2.69. The quantitative estimate of drug-likeness (QED) is 0.442. The minimum atomic E-state index is 0.127. The van der Waals surface area contributed by atoms with Gasteiger partial charge in [-0.3, -0.25) is 4.79 Å². The van der Waals surface area contributed by atoms with E-state index in [1.54, 1.807) is 0 Å². The van der Waals surface area contributed by atoms with Gasteiger partial charge in [-0.2, -0.15) is 0 Å². The van der Waals surface area contributed by atoms with Crippen molar-refractivity contribution < 1.29 is 4.79 Å². The van der Waals surface area contributed by atoms with Crippen molar-refractivity contribution in [3.63, 3.8) is 0 Å². The number of aryl methyl sites for hydroxylation is 2. The van der Waals surface area contributed by atoms with E-state index >= 15 is 0 Å². The largest absolute Gasteiger partial charge is 0.289 e. The molecular formula is C20H20O. The molecule has 2 aromatic rings. The van der Waals surface area contributed by atoms with Crippen LogP contribution in [-0.4, -0.2) is 5.78 Å². The number of hydrogen-bond donors (Lipinski definition) is 0. The summed E-state index contributed by atoms with van der Waals surface area (Å²) in [5, 5.41) is 0. The summed E-state index contributed by atoms with van der Waals surface area (Å²) in [6.07, 6.45) is 6.03. The molecule has 0 aliphatic heterocycles. The minimum absolute atomic E-state index is 0.127. The minimum Gasteiger partial charge on any atom is -0.289 e. The zero-order valence-corrected chi connectivity index (χ0v) is 12.4. The van der Waals surface area contributed by atoms with Crippen molar-refractivity contribution in [2.24, 2.45) is 0 Å². The van der Waals surface area contributed by atoms with E-state index in [4.69, 9.17) is 0 Å². The molecule has 3 rings (SSSR count). The van der Waals surface area contributed by atoms with Crippen LogP contribution in [0.1, 0.15) is 39.9 Å². The fraction of sp³-hybridized carbons (Fsp3) is 0.250. The second-order valence-electron chi connectivity index (χ2n) is 5.84. The molecule has 0 atom stereocenters. The maximum absolute atomic E-state index is 12.3. The Labute approximate surface area is 126 Å². The molecule has 0 N–H and O–H groups in total. The Morgan fingerprint density at radius 1 is 1.00 bits per heavy atom. The molecule has 1 aliphatic carbocycles. The van der Waals surface area contributed by atoms with Gasteiger partial charge in [0.15, 0.2) is 5.78 Å². The van der Waals surface area contributed by atoms with Gasteiger partial charge in [0.05, 0.1) is 0 Å². The second kappa shape index (κ2) is 6.09. The van der Waals surface area contributed by atoms with Crippen LogP contribution < -0.4 is 0 Å². The third-order valence-corrected chi connectivity index (χ3v) is 4.12. The highest BCUT2D eigenvalue weighted by molar-refractivity contribution is 6.04. The first-order valence-electron chi connectivity index (χ1n) is 7.59. The number of benzene rings is 2. The van der Waals surface area contributed by atoms with Gasteiger partial charge in [0.1, 0.15) is 0 Å². The van der Waals surface area contributed by atoms with Gasteiger partial charge < -0.3 is 0 Å². The number of rotatable bonds is 2. The summed E-state index contributed by atoms with van der Waals surface area (Å²) in [6, 6.07) is 16.2. The molecular weight excluding hydrogens is 256 g/mol. The lowest BCUT2D eigenvalue weighted by Gasteiger charge is -2.07. The fourth-order valence-corrected chi connectivity index (χ4v) is 3.00. The van der Waals surface area contributed by atoms with Gasteiger partial charge in [0.25, 0.3) is 0 Å². The number of hydrogen-bond acceptors (Lipinski definition) is 1. The van der Waals surface area contributed by atoms with Crippen LogP contribution in [0.4, 0.5) is 0 Å². The summed E-state index contributed by atoms with van der Waals surface area (Å²) >= 11 is 0. The van der Waals surface area contributed by atoms with Crippen LogP contribution in [-0.2, 0) is 12.8 Å². The molecule has 0 radical (unpaired) electrons. The molecule has 0 fully saturated rings. The standard InChI is InChI=1S/C20H20O/c1-15-10-11-17-9-5-6-16(13-19(17)12-15)14-20(21)18-7-3-2-4-8-18/h2-4,7-8,10-12,14H,5-6,9,13H2,1H3/b16-14+. The van der Waals surface area contributed by atoms with Gasteiger partial charge in [0.2, 0.25) is 0 Å². The highest BCUT2D eigenvalue weighted by Gasteiger charge is 2.13. The number of carbonyl (C=O) groups is 1. The summed E-state index contributed by atoms with van der Waals surface area (Å²) in [7, 11) is 0. The molecule has 0 spiro atoms. The molecule has 1 heteroatoms. The molecule has 0 aromatic heterocycles. The van der Waals surface area contributed by atoms with Crippen molar-refractivity contribution in [2.45, 2.75) is 32.6 Å². The summed E-state index contributed by atoms with van der Waals surface area (Å²) < 4.78 is 0. The van der Waals surface area contributed by atoms with Crippen LogP contribution >= 0.6 is 0 Å². The monoisotopic (exact) mass is 276 g/mol. The maximum atomic E-state index is 12.3. The molecule has 1 aliphatic rings. The summed E-state index contributed by atoms with van der Waals surface area (Å²) in [4.78, 5) is 12.3. The molecule has 106 valence electrons. The smallest absolute Gasteiger partial charge is 0.185 e. The van der Waals surface area contributed by atoms with E-state index < -0.39 is 0 Å². The second-order valence-corrected chi connectivity index (χ2v) is 5.84. The van der Waals surface area contributed by atoms with Gasteiger partial charge in [-0.05, 0) is 49.8 Å². The summed E-state index contributed by atoms with van der Waals surface area (Å²) in [6.45, 7) is 2.13. The van der Waals surface area contributed by atoms with Crippen molar-refractivity contribution in [3.8, 4) is 0 Å². The number of carbonyl (C=O) groups excluding carboxylic acids is 1. The van der Waals surface area contributed by atoms with Gasteiger partial charge in [-0.15, -0.1) is 0 Å². The van der Waals surface area contributed by atoms with Gasteiger partial charge in [0, 0.05) is 5.56 Å². The van der Waals surface area contributed by atoms with Crippen LogP contribution in [0.25, 0.3) is 0 Å². The lowest BCUT2D eigenvalue weighted by atomic mass is 9.98. The summed E-state index contributed by atoms with van der Waals surface area (Å²) in [5.41, 5.74) is 6.16. The third kappa shape index (κ3) is 3.30. The molecule has 1 nitrogen and oxygen atoms in total. The average molecular weight is 276 g/mol. The molecule has 0 unspecified atom stereocenters. The van der Waals surface area contributed by atoms with Crippen molar-refractivity contribution in [1.82, 2.24) is 0 Å². The molecule has 0 amide bonds. The molecule has 0 saturated heterocycles. The Balaban J connectivity index is 1.86. The van der Waals surface area contributed by atoms with Crippen molar-refractivity contribution in [3.05, 3.63) is 82.4 Å². The lowest BCUT2D eigenvalue weighted by molar-refractivity contribution is 0.104. The van der Waals surface area contributed by atoms with Crippen LogP contribution in [0.3, 0.4) is 0 Å². The Bertz CT molecular complexity index is 680. The molecule has 0 bridgehead atoms. The Hall–Kier alpha value is -2.15. The van der Waals surface area contributed by atoms with Crippen molar-refractivity contribution in [2.75, 3.05) is 0 Å². The van der Waals surface area contributed by atoms with Crippen LogP contribution in [0.15, 0.2) is 60.2 Å². The maximum Gasteiger partial charge on any atom is 0.185 e. The van der Waals surface area contributed by atoms with Crippen molar-refractivity contribution in [1.29, 1.82) is 0 Å².